The van der Waals surface area contributed by atoms with E-state index in [1.54, 1.807) is 35.0 Å². The van der Waals surface area contributed by atoms with Crippen LogP contribution in [0, 0.1) is 0 Å². The van der Waals surface area contributed by atoms with Crippen LogP contribution in [-0.2, 0) is 21.5 Å². The fourth-order valence-electron chi connectivity index (χ4n) is 3.66. The molecule has 1 saturated carbocycles. The highest BCUT2D eigenvalue weighted by molar-refractivity contribution is 9.10. The van der Waals surface area contributed by atoms with Gasteiger partial charge in [-0.05, 0) is 36.6 Å². The minimum absolute atomic E-state index is 0.0106. The molecule has 0 bridgehead atoms. The molecule has 1 fully saturated rings. The van der Waals surface area contributed by atoms with E-state index in [-0.39, 0.29) is 22.7 Å². The van der Waals surface area contributed by atoms with Crippen molar-refractivity contribution in [1.29, 1.82) is 0 Å². The molecular formula is C22H20BrF2N2O6P. The van der Waals surface area contributed by atoms with Gasteiger partial charge in [0, 0.05) is 27.8 Å². The summed E-state index contributed by atoms with van der Waals surface area (Å²) in [7, 11) is -4.46. The van der Waals surface area contributed by atoms with E-state index in [9.17, 15) is 22.9 Å². The summed E-state index contributed by atoms with van der Waals surface area (Å²) in [6, 6.07) is 10.2. The molecule has 1 aliphatic carbocycles. The van der Waals surface area contributed by atoms with Gasteiger partial charge in [-0.3, -0.25) is 13.7 Å². The number of carbonyl (C=O) groups excluding carboxylic acids is 1. The Morgan fingerprint density at radius 1 is 1.24 bits per heavy atom. The predicted octanol–water partition coefficient (Wildman–Crippen LogP) is 4.48. The van der Waals surface area contributed by atoms with Gasteiger partial charge in [0.2, 0.25) is 0 Å². The Kier molecular flexibility index (Phi) is 6.41. The molecule has 0 unspecified atom stereocenters. The van der Waals surface area contributed by atoms with Gasteiger partial charge >= 0.3 is 24.9 Å². The lowest BCUT2D eigenvalue weighted by atomic mass is 10.1. The van der Waals surface area contributed by atoms with E-state index in [0.29, 0.717) is 22.4 Å². The van der Waals surface area contributed by atoms with Crippen LogP contribution < -0.4 is 5.69 Å². The summed E-state index contributed by atoms with van der Waals surface area (Å²) in [5.74, 6) is -0.525. The van der Waals surface area contributed by atoms with Crippen LogP contribution in [0.2, 0.25) is 0 Å². The first kappa shape index (κ1) is 24.5. The van der Waals surface area contributed by atoms with Crippen LogP contribution in [0.1, 0.15) is 40.4 Å². The summed E-state index contributed by atoms with van der Waals surface area (Å²) in [6.07, 6.45) is 3.44. The SMILES string of the molecule is COC(=O)c1cccc(-c2cn(C3CC3)c(=O)n2Cc2ccc(C(F)(F)P(=O)(O)O)c(Br)c2)c1. The van der Waals surface area contributed by atoms with Crippen molar-refractivity contribution < 1.29 is 32.7 Å². The molecule has 8 nitrogen and oxygen atoms in total. The summed E-state index contributed by atoms with van der Waals surface area (Å²) >= 11 is 2.98. The fraction of sp³-hybridized carbons (Fsp3) is 0.273. The standard InChI is InChI=1S/C22H20BrF2N2O6P/c1-33-20(28)15-4-2-3-14(10-15)19-12-26(16-6-7-16)21(29)27(19)11-13-5-8-17(18(23)9-13)22(24,25)34(30,31)32/h2-5,8-10,12,16H,6-7,11H2,1H3,(H2,30,31,32). The first-order chi connectivity index (χ1) is 15.9. The molecule has 34 heavy (non-hydrogen) atoms. The van der Waals surface area contributed by atoms with Gasteiger partial charge in [-0.1, -0.05) is 40.2 Å². The molecule has 2 N–H and O–H groups in total. The molecule has 0 radical (unpaired) electrons. The number of rotatable bonds is 7. The van der Waals surface area contributed by atoms with E-state index in [0.717, 1.165) is 18.9 Å². The Morgan fingerprint density at radius 2 is 1.94 bits per heavy atom. The summed E-state index contributed by atoms with van der Waals surface area (Å²) < 4.78 is 47.3. The number of imidazole rings is 1. The molecule has 0 atom stereocenters. The second-order valence-electron chi connectivity index (χ2n) is 7.99. The molecule has 1 aromatic heterocycles. The van der Waals surface area contributed by atoms with Gasteiger partial charge in [-0.15, -0.1) is 0 Å². The average molecular weight is 557 g/mol. The number of benzene rings is 2. The fourth-order valence-corrected chi connectivity index (χ4v) is 5.00. The van der Waals surface area contributed by atoms with Crippen molar-refractivity contribution in [2.75, 3.05) is 7.11 Å². The minimum Gasteiger partial charge on any atom is -0.465 e. The number of esters is 1. The first-order valence-electron chi connectivity index (χ1n) is 10.2. The normalized spacial score (nSPS) is 14.3. The summed E-state index contributed by atoms with van der Waals surface area (Å²) in [5, 5.41) is 0. The lowest BCUT2D eigenvalue weighted by Crippen LogP contribution is -2.24. The lowest BCUT2D eigenvalue weighted by molar-refractivity contribution is 0.0557. The number of hydrogen-bond donors (Lipinski definition) is 2. The number of alkyl halides is 2. The van der Waals surface area contributed by atoms with Crippen molar-refractivity contribution in [3.63, 3.8) is 0 Å². The molecule has 3 aromatic rings. The van der Waals surface area contributed by atoms with Crippen molar-refractivity contribution in [3.8, 4) is 11.3 Å². The topological polar surface area (TPSA) is 111 Å². The zero-order valence-corrected chi connectivity index (χ0v) is 20.3. The van der Waals surface area contributed by atoms with Crippen LogP contribution in [0.4, 0.5) is 8.78 Å². The van der Waals surface area contributed by atoms with Gasteiger partial charge in [0.05, 0.1) is 24.9 Å². The van der Waals surface area contributed by atoms with Crippen molar-refractivity contribution >= 4 is 29.5 Å². The van der Waals surface area contributed by atoms with Gasteiger partial charge in [0.15, 0.2) is 0 Å². The Balaban J connectivity index is 1.76. The molecule has 1 aliphatic rings. The van der Waals surface area contributed by atoms with Gasteiger partial charge in [-0.25, -0.2) is 9.59 Å². The minimum atomic E-state index is -5.73. The number of hydrogen-bond acceptors (Lipinski definition) is 4. The highest BCUT2D eigenvalue weighted by atomic mass is 79.9. The van der Waals surface area contributed by atoms with Crippen molar-refractivity contribution in [3.05, 3.63) is 80.3 Å². The van der Waals surface area contributed by atoms with Crippen LogP contribution in [0.25, 0.3) is 11.3 Å². The molecule has 180 valence electrons. The zero-order chi connectivity index (χ0) is 24.8. The van der Waals surface area contributed by atoms with Gasteiger partial charge in [0.25, 0.3) is 0 Å². The monoisotopic (exact) mass is 556 g/mol. The third-order valence-corrected chi connectivity index (χ3v) is 7.22. The second kappa shape index (κ2) is 8.88. The second-order valence-corrected chi connectivity index (χ2v) is 10.5. The van der Waals surface area contributed by atoms with Crippen LogP contribution in [0.15, 0.2) is 57.9 Å². The number of aromatic nitrogens is 2. The molecular weight excluding hydrogens is 537 g/mol. The molecule has 0 spiro atoms. The molecule has 4 rings (SSSR count). The number of carbonyl (C=O) groups is 1. The number of methoxy groups -OCH3 is 1. The third kappa shape index (κ3) is 4.53. The maximum Gasteiger partial charge on any atom is 0.399 e. The van der Waals surface area contributed by atoms with E-state index in [4.69, 9.17) is 14.5 Å². The number of nitrogens with zero attached hydrogens (tertiary/aromatic N) is 2. The quantitative estimate of drug-likeness (QED) is 0.328. The smallest absolute Gasteiger partial charge is 0.399 e. The van der Waals surface area contributed by atoms with E-state index in [1.807, 2.05) is 0 Å². The largest absolute Gasteiger partial charge is 0.465 e. The molecule has 0 aliphatic heterocycles. The molecule has 0 saturated heterocycles. The Bertz CT molecular complexity index is 1380. The van der Waals surface area contributed by atoms with Gasteiger partial charge < -0.3 is 14.5 Å². The molecule has 12 heteroatoms. The number of halogens is 3. The summed E-state index contributed by atoms with van der Waals surface area (Å²) in [5.41, 5.74) is -3.61. The highest BCUT2D eigenvalue weighted by Gasteiger charge is 2.51. The lowest BCUT2D eigenvalue weighted by Gasteiger charge is -2.19. The van der Waals surface area contributed by atoms with Crippen molar-refractivity contribution in [2.45, 2.75) is 31.1 Å². The number of ether oxygens (including phenoxy) is 1. The Hall–Kier alpha value is -2.59. The van der Waals surface area contributed by atoms with Crippen LogP contribution in [-0.4, -0.2) is 32.0 Å². The predicted molar refractivity (Wildman–Crippen MR) is 123 cm³/mol. The van der Waals surface area contributed by atoms with Crippen molar-refractivity contribution in [1.82, 2.24) is 9.13 Å². The Morgan fingerprint density at radius 3 is 2.53 bits per heavy atom. The van der Waals surface area contributed by atoms with Crippen LogP contribution in [0.3, 0.4) is 0 Å². The van der Waals surface area contributed by atoms with Gasteiger partial charge in [-0.2, -0.15) is 8.78 Å². The van der Waals surface area contributed by atoms with Gasteiger partial charge in [0.1, 0.15) is 0 Å². The van der Waals surface area contributed by atoms with E-state index < -0.39 is 24.8 Å². The van der Waals surface area contributed by atoms with E-state index >= 15 is 0 Å². The highest BCUT2D eigenvalue weighted by Crippen LogP contribution is 2.60. The van der Waals surface area contributed by atoms with Crippen LogP contribution in [0.5, 0.6) is 0 Å². The summed E-state index contributed by atoms with van der Waals surface area (Å²) in [6.45, 7) is 0.0106. The first-order valence-corrected chi connectivity index (χ1v) is 12.6. The maximum atomic E-state index is 14.2. The maximum absolute atomic E-state index is 14.2. The summed E-state index contributed by atoms with van der Waals surface area (Å²) in [4.78, 5) is 43.2. The van der Waals surface area contributed by atoms with E-state index in [2.05, 4.69) is 15.9 Å². The van der Waals surface area contributed by atoms with E-state index in [1.165, 1.54) is 23.8 Å². The molecule has 1 heterocycles. The Labute approximate surface area is 201 Å². The van der Waals surface area contributed by atoms with Crippen LogP contribution >= 0.6 is 23.5 Å². The molecule has 2 aromatic carbocycles. The third-order valence-electron chi connectivity index (χ3n) is 5.59. The average Bonchev–Trinajstić information content (AvgIpc) is 3.57. The molecule has 0 amide bonds. The van der Waals surface area contributed by atoms with Crippen molar-refractivity contribution in [2.24, 2.45) is 0 Å². The zero-order valence-electron chi connectivity index (χ0n) is 17.8.